The lowest BCUT2D eigenvalue weighted by Crippen LogP contribution is -2.36. The Morgan fingerprint density at radius 3 is 2.39 bits per heavy atom. The van der Waals surface area contributed by atoms with E-state index in [0.29, 0.717) is 12.3 Å². The molecule has 2 atom stereocenters. The molecule has 1 aliphatic carbocycles. The molecule has 1 aromatic rings. The molecule has 180 valence electrons. The van der Waals surface area contributed by atoms with E-state index in [1.54, 1.807) is 26.0 Å². The molecule has 1 aromatic carbocycles. The van der Waals surface area contributed by atoms with Gasteiger partial charge in [-0.2, -0.15) is 0 Å². The fraction of sp³-hybridized carbons (Fsp3) is 0.560. The van der Waals surface area contributed by atoms with E-state index in [1.807, 2.05) is 0 Å². The molecule has 4 N–H and O–H groups in total. The Bertz CT molecular complexity index is 913. The largest absolute Gasteiger partial charge is 0.508 e. The number of phenolic OH excluding ortho intramolecular Hbond substituents is 1. The lowest BCUT2D eigenvalue weighted by atomic mass is 9.82. The van der Waals surface area contributed by atoms with Crippen LogP contribution < -0.4 is 5.73 Å². The fourth-order valence-corrected chi connectivity index (χ4v) is 4.91. The third-order valence-corrected chi connectivity index (χ3v) is 6.44. The summed E-state index contributed by atoms with van der Waals surface area (Å²) in [4.78, 5) is 37.4. The van der Waals surface area contributed by atoms with Crippen molar-refractivity contribution in [2.45, 2.75) is 76.9 Å². The van der Waals surface area contributed by atoms with Gasteiger partial charge in [-0.1, -0.05) is 44.2 Å². The number of aliphatic hydroxyl groups excluding tert-OH is 1. The maximum atomic E-state index is 13.5. The van der Waals surface area contributed by atoms with Crippen molar-refractivity contribution in [1.82, 2.24) is 0 Å². The van der Waals surface area contributed by atoms with Crippen LogP contribution >= 0.6 is 0 Å². The summed E-state index contributed by atoms with van der Waals surface area (Å²) >= 11 is 0. The summed E-state index contributed by atoms with van der Waals surface area (Å²) in [5.74, 6) is -2.03. The first-order valence-corrected chi connectivity index (χ1v) is 11.5. The summed E-state index contributed by atoms with van der Waals surface area (Å²) in [6, 6.07) is 6.35. The maximum Gasteiger partial charge on any atom is 0.405 e. The van der Waals surface area contributed by atoms with Crippen molar-refractivity contribution in [3.05, 3.63) is 41.2 Å². The first kappa shape index (κ1) is 24.6. The van der Waals surface area contributed by atoms with Gasteiger partial charge in [-0.25, -0.2) is 9.59 Å². The standard InChI is InChI=1S/C25H33NO7/c1-25(2,33-24(26)31)14-17(12-16-8-10-18(27)11-9-16)21(28)20-22(29)19(32-23(20)30)13-15-6-4-3-5-7-15/h8-11,15,17,19,27,29H,3-7,12-14H2,1-2H3,(H2,26,31). The summed E-state index contributed by atoms with van der Waals surface area (Å²) in [7, 11) is 0. The molecule has 1 aliphatic heterocycles. The molecule has 8 nitrogen and oxygen atoms in total. The number of aromatic hydroxyl groups is 1. The minimum atomic E-state index is -1.08. The van der Waals surface area contributed by atoms with E-state index >= 15 is 0 Å². The summed E-state index contributed by atoms with van der Waals surface area (Å²) in [5, 5.41) is 20.3. The number of carbonyl (C=O) groups is 3. The number of benzene rings is 1. The Morgan fingerprint density at radius 2 is 1.79 bits per heavy atom. The first-order valence-electron chi connectivity index (χ1n) is 11.5. The molecule has 1 amide bonds. The van der Waals surface area contributed by atoms with Crippen molar-refractivity contribution in [2.75, 3.05) is 0 Å². The van der Waals surface area contributed by atoms with Crippen LogP contribution in [-0.2, 0) is 25.5 Å². The van der Waals surface area contributed by atoms with E-state index in [2.05, 4.69) is 0 Å². The van der Waals surface area contributed by atoms with Crippen LogP contribution in [0, 0.1) is 11.8 Å². The number of ether oxygens (including phenoxy) is 2. The molecule has 1 fully saturated rings. The Hall–Kier alpha value is -3.03. The average Bonchev–Trinajstić information content (AvgIpc) is 3.01. The molecule has 0 saturated heterocycles. The minimum Gasteiger partial charge on any atom is -0.508 e. The van der Waals surface area contributed by atoms with Crippen molar-refractivity contribution in [2.24, 2.45) is 17.6 Å². The Labute approximate surface area is 193 Å². The number of phenols is 1. The van der Waals surface area contributed by atoms with Crippen molar-refractivity contribution in [1.29, 1.82) is 0 Å². The van der Waals surface area contributed by atoms with Crippen LogP contribution in [-0.4, -0.2) is 39.8 Å². The third-order valence-electron chi connectivity index (χ3n) is 6.44. The molecule has 2 unspecified atom stereocenters. The first-order chi connectivity index (χ1) is 15.6. The molecule has 8 heteroatoms. The number of hydrogen-bond acceptors (Lipinski definition) is 7. The number of esters is 1. The SMILES string of the molecule is CC(C)(CC(Cc1ccc(O)cc1)C(=O)C1=C(O)C(CC2CCCCC2)OC1=O)OC(N)=O. The number of rotatable bonds is 9. The predicted molar refractivity (Wildman–Crippen MR) is 120 cm³/mol. The molecule has 2 aliphatic rings. The van der Waals surface area contributed by atoms with Gasteiger partial charge in [0.1, 0.15) is 16.9 Å². The monoisotopic (exact) mass is 459 g/mol. The van der Waals surface area contributed by atoms with Crippen LogP contribution in [0.15, 0.2) is 35.6 Å². The van der Waals surface area contributed by atoms with E-state index in [9.17, 15) is 24.6 Å². The number of nitrogens with two attached hydrogens (primary N) is 1. The number of aliphatic hydroxyl groups is 1. The van der Waals surface area contributed by atoms with Crippen LogP contribution in [0.2, 0.25) is 0 Å². The summed E-state index contributed by atoms with van der Waals surface area (Å²) < 4.78 is 10.6. The molecule has 3 rings (SSSR count). The highest BCUT2D eigenvalue weighted by Gasteiger charge is 2.43. The van der Waals surface area contributed by atoms with Gasteiger partial charge >= 0.3 is 12.1 Å². The van der Waals surface area contributed by atoms with Gasteiger partial charge in [-0.3, -0.25) is 4.79 Å². The van der Waals surface area contributed by atoms with Gasteiger partial charge in [0, 0.05) is 5.92 Å². The van der Waals surface area contributed by atoms with Gasteiger partial charge in [0.25, 0.3) is 0 Å². The number of cyclic esters (lactones) is 1. The van der Waals surface area contributed by atoms with Gasteiger partial charge in [0.15, 0.2) is 17.6 Å². The van der Waals surface area contributed by atoms with Crippen molar-refractivity contribution in [3.8, 4) is 5.75 Å². The number of Topliss-reactive ketones (excluding diaryl/α,β-unsaturated/α-hetero) is 1. The van der Waals surface area contributed by atoms with E-state index in [-0.39, 0.29) is 29.9 Å². The molecule has 0 aromatic heterocycles. The van der Waals surface area contributed by atoms with Crippen LogP contribution in [0.1, 0.15) is 64.4 Å². The number of hydrogen-bond donors (Lipinski definition) is 3. The Kier molecular flexibility index (Phi) is 7.66. The average molecular weight is 460 g/mol. The molecule has 0 bridgehead atoms. The summed E-state index contributed by atoms with van der Waals surface area (Å²) in [5.41, 5.74) is 4.51. The smallest absolute Gasteiger partial charge is 0.405 e. The third kappa shape index (κ3) is 6.49. The van der Waals surface area contributed by atoms with Crippen LogP contribution in [0.25, 0.3) is 0 Å². The number of ketones is 1. The molecule has 33 heavy (non-hydrogen) atoms. The van der Waals surface area contributed by atoms with E-state index in [1.165, 1.54) is 18.6 Å². The lowest BCUT2D eigenvalue weighted by molar-refractivity contribution is -0.142. The number of primary amides is 1. The summed E-state index contributed by atoms with van der Waals surface area (Å²) in [6.07, 6.45) is 4.49. The van der Waals surface area contributed by atoms with E-state index < -0.39 is 35.5 Å². The van der Waals surface area contributed by atoms with Crippen molar-refractivity contribution >= 4 is 17.8 Å². The number of carbonyl (C=O) groups excluding carboxylic acids is 3. The molecular weight excluding hydrogens is 426 g/mol. The van der Waals surface area contributed by atoms with Gasteiger partial charge < -0.3 is 25.4 Å². The van der Waals surface area contributed by atoms with Crippen molar-refractivity contribution < 1.29 is 34.1 Å². The second-order valence-corrected chi connectivity index (χ2v) is 9.71. The molecular formula is C25H33NO7. The van der Waals surface area contributed by atoms with Crippen LogP contribution in [0.5, 0.6) is 5.75 Å². The van der Waals surface area contributed by atoms with Gasteiger partial charge in [-0.05, 0) is 56.7 Å². The van der Waals surface area contributed by atoms with E-state index in [4.69, 9.17) is 15.2 Å². The second kappa shape index (κ2) is 10.3. The fourth-order valence-electron chi connectivity index (χ4n) is 4.91. The quantitative estimate of drug-likeness (QED) is 0.374. The van der Waals surface area contributed by atoms with Gasteiger partial charge in [0.05, 0.1) is 0 Å². The zero-order valence-corrected chi connectivity index (χ0v) is 19.2. The topological polar surface area (TPSA) is 136 Å². The molecule has 1 heterocycles. The van der Waals surface area contributed by atoms with Crippen LogP contribution in [0.4, 0.5) is 4.79 Å². The normalized spacial score (nSPS) is 20.4. The predicted octanol–water partition coefficient (Wildman–Crippen LogP) is 4.09. The zero-order chi connectivity index (χ0) is 24.2. The maximum absolute atomic E-state index is 13.5. The molecule has 0 spiro atoms. The Balaban J connectivity index is 1.84. The Morgan fingerprint density at radius 1 is 1.15 bits per heavy atom. The van der Waals surface area contributed by atoms with Crippen molar-refractivity contribution in [3.63, 3.8) is 0 Å². The van der Waals surface area contributed by atoms with Gasteiger partial charge in [-0.15, -0.1) is 0 Å². The minimum absolute atomic E-state index is 0.0764. The highest BCUT2D eigenvalue weighted by molar-refractivity contribution is 6.19. The highest BCUT2D eigenvalue weighted by atomic mass is 16.6. The van der Waals surface area contributed by atoms with Crippen LogP contribution in [0.3, 0.4) is 0 Å². The second-order valence-electron chi connectivity index (χ2n) is 9.71. The zero-order valence-electron chi connectivity index (χ0n) is 19.2. The molecule has 0 radical (unpaired) electrons. The van der Waals surface area contributed by atoms with Gasteiger partial charge in [0.2, 0.25) is 0 Å². The molecule has 1 saturated carbocycles. The van der Waals surface area contributed by atoms with E-state index in [0.717, 1.165) is 31.2 Å². The lowest BCUT2D eigenvalue weighted by Gasteiger charge is -2.28. The summed E-state index contributed by atoms with van der Waals surface area (Å²) in [6.45, 7) is 3.25. The number of amides is 1. The highest BCUT2D eigenvalue weighted by Crippen LogP contribution is 2.35.